The number of nitrogens with one attached hydrogen (secondary N) is 1. The summed E-state index contributed by atoms with van der Waals surface area (Å²) in [6, 6.07) is 0.208. The normalized spacial score (nSPS) is 31.4. The Balaban J connectivity index is 2.61. The van der Waals surface area contributed by atoms with Crippen LogP contribution in [0, 0.1) is 5.92 Å². The minimum absolute atomic E-state index is 0.156. The molecular formula is C9H20N2O2S. The summed E-state index contributed by atoms with van der Waals surface area (Å²) in [6.45, 7) is 2.01. The van der Waals surface area contributed by atoms with Crippen molar-refractivity contribution in [1.29, 1.82) is 0 Å². The second-order valence-electron chi connectivity index (χ2n) is 4.33. The summed E-state index contributed by atoms with van der Waals surface area (Å²) in [5.41, 5.74) is 2.71. The second kappa shape index (κ2) is 4.59. The third kappa shape index (κ3) is 2.93. The molecule has 0 amide bonds. The largest absolute Gasteiger partial charge is 0.271 e. The van der Waals surface area contributed by atoms with Crippen LogP contribution in [0.15, 0.2) is 0 Å². The zero-order chi connectivity index (χ0) is 10.8. The number of hydrogen-bond acceptors (Lipinski definition) is 4. The Morgan fingerprint density at radius 2 is 2.07 bits per heavy atom. The van der Waals surface area contributed by atoms with Crippen molar-refractivity contribution in [3.05, 3.63) is 0 Å². The highest BCUT2D eigenvalue weighted by Crippen LogP contribution is 2.30. The zero-order valence-electron chi connectivity index (χ0n) is 8.86. The van der Waals surface area contributed by atoms with E-state index in [1.165, 1.54) is 6.26 Å². The van der Waals surface area contributed by atoms with Crippen LogP contribution in [0.3, 0.4) is 0 Å². The third-order valence-corrected chi connectivity index (χ3v) is 4.88. The molecular weight excluding hydrogens is 200 g/mol. The SMILES string of the molecule is CC(NN)C1CCCC(S(C)(=O)=O)C1. The maximum atomic E-state index is 11.4. The Labute approximate surface area is 86.1 Å². The minimum Gasteiger partial charge on any atom is -0.271 e. The van der Waals surface area contributed by atoms with E-state index in [0.29, 0.717) is 5.92 Å². The van der Waals surface area contributed by atoms with E-state index in [0.717, 1.165) is 25.7 Å². The lowest BCUT2D eigenvalue weighted by atomic mass is 9.84. The first-order valence-corrected chi connectivity index (χ1v) is 7.05. The lowest BCUT2D eigenvalue weighted by molar-refractivity contribution is 0.285. The quantitative estimate of drug-likeness (QED) is 0.535. The molecule has 0 spiro atoms. The van der Waals surface area contributed by atoms with Crippen LogP contribution in [-0.4, -0.2) is 26.0 Å². The molecule has 3 N–H and O–H groups in total. The predicted molar refractivity (Wildman–Crippen MR) is 57.4 cm³/mol. The standard InChI is InChI=1S/C9H20N2O2S/c1-7(11-10)8-4-3-5-9(6-8)14(2,12)13/h7-9,11H,3-6,10H2,1-2H3. The summed E-state index contributed by atoms with van der Waals surface area (Å²) in [6.07, 6.45) is 4.98. The van der Waals surface area contributed by atoms with Crippen molar-refractivity contribution in [2.45, 2.75) is 43.9 Å². The van der Waals surface area contributed by atoms with Crippen LogP contribution in [-0.2, 0) is 9.84 Å². The molecule has 5 heteroatoms. The van der Waals surface area contributed by atoms with Gasteiger partial charge < -0.3 is 0 Å². The molecule has 0 aromatic heterocycles. The minimum atomic E-state index is -2.87. The van der Waals surface area contributed by atoms with Crippen LogP contribution in [0.5, 0.6) is 0 Å². The Morgan fingerprint density at radius 1 is 1.43 bits per heavy atom. The Bertz CT molecular complexity index is 277. The van der Waals surface area contributed by atoms with Crippen molar-refractivity contribution in [2.24, 2.45) is 11.8 Å². The molecule has 0 saturated heterocycles. The van der Waals surface area contributed by atoms with Crippen LogP contribution in [0.4, 0.5) is 0 Å². The Hall–Kier alpha value is -0.130. The topological polar surface area (TPSA) is 72.2 Å². The van der Waals surface area contributed by atoms with Gasteiger partial charge in [-0.25, -0.2) is 8.42 Å². The highest BCUT2D eigenvalue weighted by Gasteiger charge is 2.30. The van der Waals surface area contributed by atoms with Gasteiger partial charge in [0.1, 0.15) is 9.84 Å². The fourth-order valence-electron chi connectivity index (χ4n) is 2.16. The fraction of sp³-hybridized carbons (Fsp3) is 1.00. The fourth-order valence-corrected chi connectivity index (χ4v) is 3.35. The molecule has 1 rings (SSSR count). The van der Waals surface area contributed by atoms with Crippen LogP contribution in [0.1, 0.15) is 32.6 Å². The average molecular weight is 220 g/mol. The molecule has 0 bridgehead atoms. The molecule has 3 unspecified atom stereocenters. The molecule has 0 aromatic carbocycles. The molecule has 1 saturated carbocycles. The first-order chi connectivity index (χ1) is 6.45. The van der Waals surface area contributed by atoms with Crippen LogP contribution >= 0.6 is 0 Å². The molecule has 84 valence electrons. The van der Waals surface area contributed by atoms with Gasteiger partial charge in [0.15, 0.2) is 0 Å². The predicted octanol–water partition coefficient (Wildman–Crippen LogP) is 0.442. The molecule has 0 aliphatic heterocycles. The van der Waals surface area contributed by atoms with Gasteiger partial charge in [-0.05, 0) is 32.1 Å². The van der Waals surface area contributed by atoms with Crippen molar-refractivity contribution in [3.63, 3.8) is 0 Å². The number of rotatable bonds is 3. The molecule has 1 fully saturated rings. The summed E-state index contributed by atoms with van der Waals surface area (Å²) in [5, 5.41) is -0.156. The molecule has 14 heavy (non-hydrogen) atoms. The van der Waals surface area contributed by atoms with Crippen LogP contribution < -0.4 is 11.3 Å². The van der Waals surface area contributed by atoms with Gasteiger partial charge in [0, 0.05) is 12.3 Å². The van der Waals surface area contributed by atoms with Gasteiger partial charge in [-0.3, -0.25) is 11.3 Å². The van der Waals surface area contributed by atoms with Gasteiger partial charge in [-0.15, -0.1) is 0 Å². The zero-order valence-corrected chi connectivity index (χ0v) is 9.68. The summed E-state index contributed by atoms with van der Waals surface area (Å²) >= 11 is 0. The van der Waals surface area contributed by atoms with Gasteiger partial charge >= 0.3 is 0 Å². The summed E-state index contributed by atoms with van der Waals surface area (Å²) < 4.78 is 22.8. The first kappa shape index (κ1) is 11.9. The average Bonchev–Trinajstić information content (AvgIpc) is 2.15. The van der Waals surface area contributed by atoms with E-state index in [9.17, 15) is 8.42 Å². The smallest absolute Gasteiger partial charge is 0.150 e. The lowest BCUT2D eigenvalue weighted by Crippen LogP contribution is -2.42. The van der Waals surface area contributed by atoms with Gasteiger partial charge in [0.05, 0.1) is 5.25 Å². The molecule has 0 heterocycles. The van der Waals surface area contributed by atoms with Gasteiger partial charge in [-0.2, -0.15) is 0 Å². The number of hydrazine groups is 1. The number of hydrogen-bond donors (Lipinski definition) is 2. The van der Waals surface area contributed by atoms with Crippen LogP contribution in [0.2, 0.25) is 0 Å². The van der Waals surface area contributed by atoms with Crippen molar-refractivity contribution in [1.82, 2.24) is 5.43 Å². The molecule has 1 aliphatic carbocycles. The summed E-state index contributed by atoms with van der Waals surface area (Å²) in [7, 11) is -2.87. The molecule has 4 nitrogen and oxygen atoms in total. The van der Waals surface area contributed by atoms with E-state index in [4.69, 9.17) is 5.84 Å². The van der Waals surface area contributed by atoms with Crippen molar-refractivity contribution >= 4 is 9.84 Å². The van der Waals surface area contributed by atoms with Gasteiger partial charge in [-0.1, -0.05) is 6.42 Å². The van der Waals surface area contributed by atoms with Crippen molar-refractivity contribution in [2.75, 3.05) is 6.26 Å². The second-order valence-corrected chi connectivity index (χ2v) is 6.66. The van der Waals surface area contributed by atoms with E-state index in [1.54, 1.807) is 0 Å². The lowest BCUT2D eigenvalue weighted by Gasteiger charge is -2.31. The molecule has 0 aromatic rings. The van der Waals surface area contributed by atoms with E-state index in [-0.39, 0.29) is 11.3 Å². The summed E-state index contributed by atoms with van der Waals surface area (Å²) in [4.78, 5) is 0. The number of nitrogens with two attached hydrogens (primary N) is 1. The van der Waals surface area contributed by atoms with E-state index < -0.39 is 9.84 Å². The van der Waals surface area contributed by atoms with Crippen molar-refractivity contribution in [3.8, 4) is 0 Å². The van der Waals surface area contributed by atoms with E-state index >= 15 is 0 Å². The Morgan fingerprint density at radius 3 is 2.57 bits per heavy atom. The third-order valence-electron chi connectivity index (χ3n) is 3.24. The maximum Gasteiger partial charge on any atom is 0.150 e. The van der Waals surface area contributed by atoms with E-state index in [2.05, 4.69) is 5.43 Å². The van der Waals surface area contributed by atoms with Gasteiger partial charge in [0.2, 0.25) is 0 Å². The molecule has 1 aliphatic rings. The van der Waals surface area contributed by atoms with Gasteiger partial charge in [0.25, 0.3) is 0 Å². The first-order valence-electron chi connectivity index (χ1n) is 5.10. The number of sulfone groups is 1. The van der Waals surface area contributed by atoms with E-state index in [1.807, 2.05) is 6.92 Å². The maximum absolute atomic E-state index is 11.4. The summed E-state index contributed by atoms with van der Waals surface area (Å²) in [5.74, 6) is 5.75. The highest BCUT2D eigenvalue weighted by atomic mass is 32.2. The van der Waals surface area contributed by atoms with Crippen molar-refractivity contribution < 1.29 is 8.42 Å². The van der Waals surface area contributed by atoms with Crippen LogP contribution in [0.25, 0.3) is 0 Å². The highest BCUT2D eigenvalue weighted by molar-refractivity contribution is 7.91. The molecule has 0 radical (unpaired) electrons. The molecule has 3 atom stereocenters. The Kier molecular flexibility index (Phi) is 3.92. The monoisotopic (exact) mass is 220 g/mol.